The van der Waals surface area contributed by atoms with Crippen molar-refractivity contribution in [2.45, 2.75) is 6.18 Å². The number of alkyl halides is 3. The summed E-state index contributed by atoms with van der Waals surface area (Å²) < 4.78 is 41.1. The van der Waals surface area contributed by atoms with Gasteiger partial charge in [0.05, 0.1) is 0 Å². The van der Waals surface area contributed by atoms with E-state index in [4.69, 9.17) is 0 Å². The molecule has 77 valence electrons. The summed E-state index contributed by atoms with van der Waals surface area (Å²) in [6.45, 7) is 0. The van der Waals surface area contributed by atoms with Crippen molar-refractivity contribution < 1.29 is 66.0 Å². The minimum atomic E-state index is -4.33. The van der Waals surface area contributed by atoms with Crippen molar-refractivity contribution in [1.82, 2.24) is 0 Å². The van der Waals surface area contributed by atoms with E-state index in [1.807, 2.05) is 0 Å². The van der Waals surface area contributed by atoms with E-state index in [1.54, 1.807) is 0 Å². The average molecular weight is 323 g/mol. The topological polar surface area (TPSA) is 9.23 Å². The molecule has 0 aromatic heterocycles. The third kappa shape index (κ3) is 4.20. The van der Waals surface area contributed by atoms with Gasteiger partial charge in [0.1, 0.15) is 0 Å². The molecule has 1 aromatic rings. The fourth-order valence-corrected chi connectivity index (χ4v) is 1.23. The monoisotopic (exact) mass is 321 g/mol. The maximum Gasteiger partial charge on any atom is -1.00 e. The second-order valence-electron chi connectivity index (χ2n) is 2.10. The summed E-state index contributed by atoms with van der Waals surface area (Å²) in [4.78, 5) is 0. The van der Waals surface area contributed by atoms with Crippen molar-refractivity contribution >= 4 is 0 Å². The van der Waals surface area contributed by atoms with Gasteiger partial charge in [-0.1, -0.05) is 0 Å². The van der Waals surface area contributed by atoms with E-state index in [0.717, 1.165) is 6.07 Å². The van der Waals surface area contributed by atoms with Crippen molar-refractivity contribution in [2.24, 2.45) is 0 Å². The van der Waals surface area contributed by atoms with Crippen LogP contribution in [0, 0.1) is 0 Å². The molecule has 0 fully saturated rings. The largest absolute Gasteiger partial charge is 1.00 e. The Labute approximate surface area is 107 Å². The van der Waals surface area contributed by atoms with Gasteiger partial charge in [-0.15, -0.1) is 0 Å². The van der Waals surface area contributed by atoms with Crippen LogP contribution < -0.4 is 27.6 Å². The molecule has 1 rings (SSSR count). The van der Waals surface area contributed by atoms with Crippen molar-refractivity contribution in [3.8, 4) is 5.75 Å². The second-order valence-corrected chi connectivity index (χ2v) is 2.60. The Morgan fingerprint density at radius 1 is 1.07 bits per heavy atom. The molecule has 0 aliphatic rings. The fourth-order valence-electron chi connectivity index (χ4n) is 0.790. The van der Waals surface area contributed by atoms with E-state index in [2.05, 4.69) is 2.81 Å². The van der Waals surface area contributed by atoms with Crippen LogP contribution in [-0.2, 0) is 31.3 Å². The molecule has 0 N–H and O–H groups in total. The van der Waals surface area contributed by atoms with E-state index in [-0.39, 0.29) is 30.6 Å². The van der Waals surface area contributed by atoms with E-state index < -0.39 is 11.7 Å². The standard InChI is InChI=1S/C7H5F3O.2ClH.Zr/c8-7(9,10)5-3-1-2-4-6(5)11;;;/h1-4,11H;2*1H;/q;;;+3/p-3. The number of halogens is 5. The molecule has 0 aliphatic heterocycles. The molecule has 0 unspecified atom stereocenters. The van der Waals surface area contributed by atoms with E-state index in [0.29, 0.717) is 25.2 Å². The number of hydrogen-bond acceptors (Lipinski definition) is 1. The summed E-state index contributed by atoms with van der Waals surface area (Å²) in [7, 11) is 0. The van der Waals surface area contributed by atoms with Crippen LogP contribution in [0.25, 0.3) is 0 Å². The second kappa shape index (κ2) is 6.70. The van der Waals surface area contributed by atoms with Crippen LogP contribution in [-0.4, -0.2) is 0 Å². The van der Waals surface area contributed by atoms with Gasteiger partial charge in [0.25, 0.3) is 0 Å². The molecule has 0 radical (unpaired) electrons. The van der Waals surface area contributed by atoms with Gasteiger partial charge in [-0.2, -0.15) is 0 Å². The molecular weight excluding hydrogens is 319 g/mol. The van der Waals surface area contributed by atoms with Gasteiger partial charge >= 0.3 is 82.9 Å². The van der Waals surface area contributed by atoms with E-state index >= 15 is 0 Å². The van der Waals surface area contributed by atoms with Gasteiger partial charge in [-0.3, -0.25) is 0 Å². The SMILES string of the molecule is FC(F)(F)c1ccccc1[O][Zr+2].[Cl-].[Cl-]. The van der Waals surface area contributed by atoms with Crippen LogP contribution in [0.3, 0.4) is 0 Å². The fraction of sp³-hybridized carbons (Fsp3) is 0.143. The van der Waals surface area contributed by atoms with Crippen molar-refractivity contribution in [2.75, 3.05) is 0 Å². The first-order valence-corrected chi connectivity index (χ1v) is 4.06. The molecule has 0 saturated carbocycles. The molecule has 0 heterocycles. The molecule has 7 heteroatoms. The Morgan fingerprint density at radius 2 is 1.57 bits per heavy atom. The zero-order chi connectivity index (χ0) is 9.19. The summed E-state index contributed by atoms with van der Waals surface area (Å²) >= 11 is 0.595. The van der Waals surface area contributed by atoms with Gasteiger partial charge in [0.2, 0.25) is 0 Å². The van der Waals surface area contributed by atoms with Crippen LogP contribution in [0.4, 0.5) is 13.2 Å². The first-order chi connectivity index (χ1) is 5.55. The molecule has 0 amide bonds. The molecule has 1 aromatic carbocycles. The van der Waals surface area contributed by atoms with Crippen LogP contribution >= 0.6 is 0 Å². The molecular formula is C7H4Cl2F3OZr. The normalized spacial score (nSPS) is 9.79. The zero-order valence-electron chi connectivity index (χ0n) is 6.61. The molecule has 0 atom stereocenters. The molecule has 0 aliphatic carbocycles. The first-order valence-electron chi connectivity index (χ1n) is 3.05. The number of benzene rings is 1. The van der Waals surface area contributed by atoms with E-state index in [1.165, 1.54) is 18.2 Å². The summed E-state index contributed by atoms with van der Waals surface area (Å²) in [5, 5.41) is 0. The minimum absolute atomic E-state index is 0. The number of rotatable bonds is 1. The average Bonchev–Trinajstić information content (AvgIpc) is 2.03. The van der Waals surface area contributed by atoms with Gasteiger partial charge < -0.3 is 24.8 Å². The van der Waals surface area contributed by atoms with E-state index in [9.17, 15) is 13.2 Å². The number of para-hydroxylation sites is 1. The minimum Gasteiger partial charge on any atom is -1.00 e. The first kappa shape index (κ1) is 16.7. The van der Waals surface area contributed by atoms with Crippen LogP contribution in [0.15, 0.2) is 24.3 Å². The van der Waals surface area contributed by atoms with Crippen molar-refractivity contribution in [3.05, 3.63) is 29.8 Å². The molecule has 0 spiro atoms. The number of hydrogen-bond donors (Lipinski definition) is 0. The Kier molecular flexibility index (Phi) is 7.99. The maximum atomic E-state index is 12.2. The quantitative estimate of drug-likeness (QED) is 0.523. The van der Waals surface area contributed by atoms with Crippen LogP contribution in [0.2, 0.25) is 0 Å². The Balaban J connectivity index is 0. The van der Waals surface area contributed by atoms with Crippen LogP contribution in [0.5, 0.6) is 5.75 Å². The van der Waals surface area contributed by atoms with Gasteiger partial charge in [0.15, 0.2) is 0 Å². The third-order valence-corrected chi connectivity index (χ3v) is 1.84. The zero-order valence-corrected chi connectivity index (χ0v) is 10.6. The predicted octanol–water partition coefficient (Wildman–Crippen LogP) is -3.45. The summed E-state index contributed by atoms with van der Waals surface area (Å²) in [5.41, 5.74) is -0.721. The molecule has 0 bridgehead atoms. The Morgan fingerprint density at radius 3 is 1.93 bits per heavy atom. The molecule has 1 nitrogen and oxygen atoms in total. The van der Waals surface area contributed by atoms with Gasteiger partial charge in [-0.05, 0) is 0 Å². The van der Waals surface area contributed by atoms with Gasteiger partial charge in [-0.25, -0.2) is 0 Å². The summed E-state index contributed by atoms with van der Waals surface area (Å²) in [6, 6.07) is 5.15. The van der Waals surface area contributed by atoms with Crippen molar-refractivity contribution in [3.63, 3.8) is 0 Å². The summed E-state index contributed by atoms with van der Waals surface area (Å²) in [5.74, 6) is -0.108. The maximum absolute atomic E-state index is 12.2. The van der Waals surface area contributed by atoms with Gasteiger partial charge in [0, 0.05) is 0 Å². The Hall–Kier alpha value is 0.273. The molecule has 14 heavy (non-hydrogen) atoms. The predicted molar refractivity (Wildman–Crippen MR) is 32.1 cm³/mol. The van der Waals surface area contributed by atoms with Crippen molar-refractivity contribution in [1.29, 1.82) is 0 Å². The Bertz CT molecular complexity index is 280. The summed E-state index contributed by atoms with van der Waals surface area (Å²) in [6.07, 6.45) is -4.33. The smallest absolute Gasteiger partial charge is 1.00 e. The third-order valence-electron chi connectivity index (χ3n) is 1.30. The molecule has 0 saturated heterocycles. The van der Waals surface area contributed by atoms with Crippen LogP contribution in [0.1, 0.15) is 5.56 Å².